The molecule has 0 atom stereocenters. The van der Waals surface area contributed by atoms with Crippen molar-refractivity contribution in [2.24, 2.45) is 5.41 Å². The Bertz CT molecular complexity index is 393. The van der Waals surface area contributed by atoms with Crippen LogP contribution in [-0.2, 0) is 0 Å². The lowest BCUT2D eigenvalue weighted by molar-refractivity contribution is 0.0965. The second-order valence-corrected chi connectivity index (χ2v) is 6.40. The first kappa shape index (κ1) is 13.7. The number of hydrogen-bond donors (Lipinski definition) is 0. The molecule has 1 nitrogen and oxygen atoms in total. The maximum atomic E-state index is 12.0. The predicted octanol–water partition coefficient (Wildman–Crippen LogP) is 5.11. The number of carbonyl (C=O) groups excluding carboxylic acids is 1. The summed E-state index contributed by atoms with van der Waals surface area (Å²) >= 11 is 9.25. The SMILES string of the molecule is CC(C)(C)CCC(=O)c1cc(Cl)ccc1Br. The quantitative estimate of drug-likeness (QED) is 0.709. The molecule has 0 saturated heterocycles. The van der Waals surface area contributed by atoms with Crippen molar-refractivity contribution >= 4 is 33.3 Å². The molecule has 88 valence electrons. The number of carbonyl (C=O) groups is 1. The average molecular weight is 304 g/mol. The van der Waals surface area contributed by atoms with Gasteiger partial charge in [-0.1, -0.05) is 48.3 Å². The number of benzene rings is 1. The standard InChI is InChI=1S/C13H16BrClO/c1-13(2,3)7-6-12(16)10-8-9(15)4-5-11(10)14/h4-5,8H,6-7H2,1-3H3. The molecule has 0 bridgehead atoms. The van der Waals surface area contributed by atoms with Crippen molar-refractivity contribution in [2.45, 2.75) is 33.6 Å². The van der Waals surface area contributed by atoms with E-state index in [2.05, 4.69) is 36.7 Å². The Hall–Kier alpha value is -0.340. The molecule has 0 radical (unpaired) electrons. The highest BCUT2D eigenvalue weighted by atomic mass is 79.9. The Labute approximate surface area is 110 Å². The largest absolute Gasteiger partial charge is 0.294 e. The predicted molar refractivity (Wildman–Crippen MR) is 72.2 cm³/mol. The van der Waals surface area contributed by atoms with E-state index in [1.807, 2.05) is 6.07 Å². The van der Waals surface area contributed by atoms with Crippen molar-refractivity contribution in [2.75, 3.05) is 0 Å². The first-order valence-corrected chi connectivity index (χ1v) is 6.45. The summed E-state index contributed by atoms with van der Waals surface area (Å²) in [6.45, 7) is 6.40. The Morgan fingerprint density at radius 2 is 2.00 bits per heavy atom. The molecule has 0 fully saturated rings. The number of hydrogen-bond acceptors (Lipinski definition) is 1. The molecule has 0 aliphatic heterocycles. The van der Waals surface area contributed by atoms with Crippen LogP contribution in [0.25, 0.3) is 0 Å². The fourth-order valence-corrected chi connectivity index (χ4v) is 1.97. The van der Waals surface area contributed by atoms with Gasteiger partial charge in [0.2, 0.25) is 0 Å². The van der Waals surface area contributed by atoms with Gasteiger partial charge >= 0.3 is 0 Å². The molecule has 0 unspecified atom stereocenters. The third-order valence-electron chi connectivity index (χ3n) is 2.33. The van der Waals surface area contributed by atoms with Crippen LogP contribution in [0.15, 0.2) is 22.7 Å². The summed E-state index contributed by atoms with van der Waals surface area (Å²) in [4.78, 5) is 12.0. The van der Waals surface area contributed by atoms with E-state index in [1.54, 1.807) is 12.1 Å². The molecule has 0 heterocycles. The molecule has 0 amide bonds. The van der Waals surface area contributed by atoms with E-state index in [0.717, 1.165) is 10.9 Å². The average Bonchev–Trinajstić information content (AvgIpc) is 2.17. The lowest BCUT2D eigenvalue weighted by Crippen LogP contribution is -2.09. The van der Waals surface area contributed by atoms with Crippen LogP contribution in [0.2, 0.25) is 5.02 Å². The summed E-state index contributed by atoms with van der Waals surface area (Å²) in [5.41, 5.74) is 0.859. The van der Waals surface area contributed by atoms with Crippen LogP contribution < -0.4 is 0 Å². The van der Waals surface area contributed by atoms with Crippen molar-refractivity contribution in [1.82, 2.24) is 0 Å². The first-order valence-electron chi connectivity index (χ1n) is 5.28. The molecule has 0 aliphatic carbocycles. The normalized spacial score (nSPS) is 11.6. The van der Waals surface area contributed by atoms with E-state index < -0.39 is 0 Å². The van der Waals surface area contributed by atoms with Gasteiger partial charge in [-0.2, -0.15) is 0 Å². The van der Waals surface area contributed by atoms with Gasteiger partial charge in [0.1, 0.15) is 0 Å². The first-order chi connectivity index (χ1) is 7.29. The minimum atomic E-state index is 0.143. The van der Waals surface area contributed by atoms with Crippen molar-refractivity contribution in [3.63, 3.8) is 0 Å². The maximum absolute atomic E-state index is 12.0. The summed E-state index contributed by atoms with van der Waals surface area (Å²) in [7, 11) is 0. The molecule has 0 spiro atoms. The summed E-state index contributed by atoms with van der Waals surface area (Å²) in [5.74, 6) is 0.143. The lowest BCUT2D eigenvalue weighted by atomic mass is 9.88. The lowest BCUT2D eigenvalue weighted by Gasteiger charge is -2.17. The van der Waals surface area contributed by atoms with Crippen LogP contribution in [0, 0.1) is 5.41 Å². The topological polar surface area (TPSA) is 17.1 Å². The zero-order chi connectivity index (χ0) is 12.3. The minimum absolute atomic E-state index is 0.143. The molecule has 0 saturated carbocycles. The number of Topliss-reactive ketones (excluding diaryl/α,β-unsaturated/α-hetero) is 1. The Balaban J connectivity index is 2.77. The van der Waals surface area contributed by atoms with Gasteiger partial charge in [0, 0.05) is 21.5 Å². The van der Waals surface area contributed by atoms with Crippen LogP contribution in [0.5, 0.6) is 0 Å². The van der Waals surface area contributed by atoms with Crippen LogP contribution in [0.4, 0.5) is 0 Å². The maximum Gasteiger partial charge on any atom is 0.164 e. The molecular formula is C13H16BrClO. The third kappa shape index (κ3) is 4.26. The second kappa shape index (κ2) is 5.33. The molecule has 3 heteroatoms. The highest BCUT2D eigenvalue weighted by molar-refractivity contribution is 9.10. The van der Waals surface area contributed by atoms with E-state index in [9.17, 15) is 4.79 Å². The van der Waals surface area contributed by atoms with Gasteiger partial charge in [-0.3, -0.25) is 4.79 Å². The van der Waals surface area contributed by atoms with Gasteiger partial charge in [0.05, 0.1) is 0 Å². The Kier molecular flexibility index (Phi) is 4.57. The van der Waals surface area contributed by atoms with Gasteiger partial charge in [-0.15, -0.1) is 0 Å². The minimum Gasteiger partial charge on any atom is -0.294 e. The van der Waals surface area contributed by atoms with Crippen molar-refractivity contribution in [3.8, 4) is 0 Å². The summed E-state index contributed by atoms with van der Waals surface area (Å²) < 4.78 is 0.816. The fraction of sp³-hybridized carbons (Fsp3) is 0.462. The van der Waals surface area contributed by atoms with E-state index in [4.69, 9.17) is 11.6 Å². The second-order valence-electron chi connectivity index (χ2n) is 5.11. The third-order valence-corrected chi connectivity index (χ3v) is 3.26. The van der Waals surface area contributed by atoms with E-state index in [-0.39, 0.29) is 11.2 Å². The van der Waals surface area contributed by atoms with E-state index in [1.165, 1.54) is 0 Å². The summed E-state index contributed by atoms with van der Waals surface area (Å²) in [6, 6.07) is 5.30. The van der Waals surface area contributed by atoms with Gasteiger partial charge in [-0.05, 0) is 30.0 Å². The van der Waals surface area contributed by atoms with Crippen LogP contribution in [-0.4, -0.2) is 5.78 Å². The van der Waals surface area contributed by atoms with E-state index >= 15 is 0 Å². The van der Waals surface area contributed by atoms with Crippen molar-refractivity contribution < 1.29 is 4.79 Å². The van der Waals surface area contributed by atoms with Crippen molar-refractivity contribution in [3.05, 3.63) is 33.3 Å². The molecule has 0 N–H and O–H groups in total. The van der Waals surface area contributed by atoms with Crippen LogP contribution >= 0.6 is 27.5 Å². The number of rotatable bonds is 3. The van der Waals surface area contributed by atoms with Gasteiger partial charge < -0.3 is 0 Å². The number of ketones is 1. The van der Waals surface area contributed by atoms with Gasteiger partial charge in [0.25, 0.3) is 0 Å². The molecule has 16 heavy (non-hydrogen) atoms. The van der Waals surface area contributed by atoms with Crippen molar-refractivity contribution in [1.29, 1.82) is 0 Å². The van der Waals surface area contributed by atoms with Crippen LogP contribution in [0.3, 0.4) is 0 Å². The smallest absolute Gasteiger partial charge is 0.164 e. The molecule has 1 aromatic rings. The van der Waals surface area contributed by atoms with E-state index in [0.29, 0.717) is 17.0 Å². The zero-order valence-electron chi connectivity index (χ0n) is 9.81. The Morgan fingerprint density at radius 3 is 2.56 bits per heavy atom. The summed E-state index contributed by atoms with van der Waals surface area (Å²) in [5, 5.41) is 0.599. The van der Waals surface area contributed by atoms with Gasteiger partial charge in [0.15, 0.2) is 5.78 Å². The Morgan fingerprint density at radius 1 is 1.38 bits per heavy atom. The highest BCUT2D eigenvalue weighted by Gasteiger charge is 2.16. The molecular weight excluding hydrogens is 287 g/mol. The molecule has 0 aromatic heterocycles. The number of halogens is 2. The highest BCUT2D eigenvalue weighted by Crippen LogP contribution is 2.26. The van der Waals surface area contributed by atoms with Gasteiger partial charge in [-0.25, -0.2) is 0 Å². The van der Waals surface area contributed by atoms with Crippen LogP contribution in [0.1, 0.15) is 44.0 Å². The fourth-order valence-electron chi connectivity index (χ4n) is 1.33. The summed E-state index contributed by atoms with van der Waals surface area (Å²) in [6.07, 6.45) is 1.44. The molecule has 1 rings (SSSR count). The molecule has 0 aliphatic rings. The molecule has 1 aromatic carbocycles. The zero-order valence-corrected chi connectivity index (χ0v) is 12.2. The monoisotopic (exact) mass is 302 g/mol.